The van der Waals surface area contributed by atoms with Crippen LogP contribution in [0.15, 0.2) is 22.2 Å². The van der Waals surface area contributed by atoms with Gasteiger partial charge in [0.25, 0.3) is 12.3 Å². The van der Waals surface area contributed by atoms with Crippen LogP contribution in [-0.4, -0.2) is 55.6 Å². The van der Waals surface area contributed by atoms with Gasteiger partial charge in [0.15, 0.2) is 0 Å². The first-order valence-electron chi connectivity index (χ1n) is 10.8. The highest BCUT2D eigenvalue weighted by atomic mass is 79.9. The van der Waals surface area contributed by atoms with Crippen molar-refractivity contribution in [3.8, 4) is 17.6 Å². The third-order valence-electron chi connectivity index (χ3n) is 6.07. The van der Waals surface area contributed by atoms with E-state index < -0.39 is 24.7 Å². The van der Waals surface area contributed by atoms with E-state index in [9.17, 15) is 18.4 Å². The smallest absolute Gasteiger partial charge is 0.496 e. The Labute approximate surface area is 205 Å². The molecule has 1 aromatic rings. The van der Waals surface area contributed by atoms with Crippen LogP contribution in [0.25, 0.3) is 5.57 Å². The molecule has 34 heavy (non-hydrogen) atoms. The molecule has 184 valence electrons. The molecule has 1 saturated carbocycles. The van der Waals surface area contributed by atoms with Gasteiger partial charge in [-0.3, -0.25) is 4.79 Å². The van der Waals surface area contributed by atoms with Gasteiger partial charge in [-0.15, -0.1) is 5.92 Å². The van der Waals surface area contributed by atoms with Crippen molar-refractivity contribution < 1.29 is 37.7 Å². The second-order valence-electron chi connectivity index (χ2n) is 8.09. The molecule has 0 aromatic heterocycles. The van der Waals surface area contributed by atoms with Crippen molar-refractivity contribution in [2.45, 2.75) is 57.1 Å². The summed E-state index contributed by atoms with van der Waals surface area (Å²) in [6.45, 7) is 0.962. The van der Waals surface area contributed by atoms with Gasteiger partial charge in [0.05, 0.1) is 30.9 Å². The van der Waals surface area contributed by atoms with E-state index in [1.54, 1.807) is 19.1 Å². The van der Waals surface area contributed by atoms with Gasteiger partial charge < -0.3 is 24.6 Å². The Balaban J connectivity index is 2.02. The van der Waals surface area contributed by atoms with Gasteiger partial charge in [0.2, 0.25) is 0 Å². The molecule has 0 atom stereocenters. The van der Waals surface area contributed by atoms with Crippen molar-refractivity contribution in [2.75, 3.05) is 20.3 Å². The van der Waals surface area contributed by atoms with Crippen LogP contribution in [0.3, 0.4) is 0 Å². The van der Waals surface area contributed by atoms with Gasteiger partial charge in [0.1, 0.15) is 12.4 Å². The number of alkyl halides is 2. The first-order chi connectivity index (χ1) is 16.2. The topological polar surface area (TPSA) is 94.1 Å². The predicted molar refractivity (Wildman–Crippen MR) is 124 cm³/mol. The fourth-order valence-electron chi connectivity index (χ4n) is 4.69. The zero-order valence-electron chi connectivity index (χ0n) is 18.9. The van der Waals surface area contributed by atoms with E-state index in [1.165, 1.54) is 7.11 Å². The maximum Gasteiger partial charge on any atom is 0.505 e. The fraction of sp³-hybridized carbons (Fsp3) is 0.500. The van der Waals surface area contributed by atoms with E-state index in [0.29, 0.717) is 58.2 Å². The molecular formula is C24H26BrF2NO6. The number of halogens is 3. The minimum Gasteiger partial charge on any atom is -0.496 e. The van der Waals surface area contributed by atoms with E-state index in [2.05, 4.69) is 33.1 Å². The Bertz CT molecular complexity index is 1040. The van der Waals surface area contributed by atoms with E-state index in [4.69, 9.17) is 19.3 Å². The van der Waals surface area contributed by atoms with E-state index in [1.807, 2.05) is 0 Å². The van der Waals surface area contributed by atoms with Crippen LogP contribution < -0.4 is 10.1 Å². The average molecular weight is 542 g/mol. The quantitative estimate of drug-likeness (QED) is 0.364. The molecule has 1 heterocycles. The number of rotatable bonds is 8. The Morgan fingerprint density at radius 2 is 2.06 bits per heavy atom. The Kier molecular flexibility index (Phi) is 8.55. The van der Waals surface area contributed by atoms with E-state index >= 15 is 0 Å². The summed E-state index contributed by atoms with van der Waals surface area (Å²) in [5.41, 5.74) is 1.60. The highest BCUT2D eigenvalue weighted by Gasteiger charge is 2.48. The molecule has 1 spiro atoms. The third kappa shape index (κ3) is 5.70. The average Bonchev–Trinajstić information content (AvgIpc) is 3.03. The number of carbonyl (C=O) groups is 2. The van der Waals surface area contributed by atoms with Crippen molar-refractivity contribution in [1.82, 2.24) is 5.32 Å². The van der Waals surface area contributed by atoms with Crippen molar-refractivity contribution in [3.05, 3.63) is 33.3 Å². The number of nitrogens with one attached hydrogen (secondary N) is 1. The number of amides is 1. The molecule has 0 saturated heterocycles. The molecule has 1 aromatic carbocycles. The summed E-state index contributed by atoms with van der Waals surface area (Å²) in [6, 6.07) is 3.53. The van der Waals surface area contributed by atoms with Crippen LogP contribution in [0.4, 0.5) is 13.6 Å². The molecule has 0 radical (unpaired) electrons. The maximum absolute atomic E-state index is 13.3. The lowest BCUT2D eigenvalue weighted by molar-refractivity contribution is -0.116. The number of benzene rings is 1. The molecule has 1 aliphatic heterocycles. The predicted octanol–water partition coefficient (Wildman–Crippen LogP) is 4.76. The molecule has 1 fully saturated rings. The Hall–Kier alpha value is -2.64. The van der Waals surface area contributed by atoms with Crippen LogP contribution in [0.1, 0.15) is 50.2 Å². The zero-order chi connectivity index (χ0) is 24.9. The van der Waals surface area contributed by atoms with Crippen molar-refractivity contribution >= 4 is 33.6 Å². The normalized spacial score (nSPS) is 21.9. The lowest BCUT2D eigenvalue weighted by atomic mass is 9.74. The number of hydrogen-bond acceptors (Lipinski definition) is 5. The second kappa shape index (κ2) is 11.2. The summed E-state index contributed by atoms with van der Waals surface area (Å²) in [7, 11) is 1.50. The molecular weight excluding hydrogens is 516 g/mol. The summed E-state index contributed by atoms with van der Waals surface area (Å²) >= 11 is 3.54. The lowest BCUT2D eigenvalue weighted by Gasteiger charge is -2.39. The van der Waals surface area contributed by atoms with E-state index in [0.717, 1.165) is 0 Å². The van der Waals surface area contributed by atoms with Gasteiger partial charge in [-0.2, -0.15) is 0 Å². The molecule has 10 heteroatoms. The van der Waals surface area contributed by atoms with Gasteiger partial charge in [0, 0.05) is 22.0 Å². The van der Waals surface area contributed by atoms with Crippen LogP contribution >= 0.6 is 15.9 Å². The first kappa shape index (κ1) is 26.0. The summed E-state index contributed by atoms with van der Waals surface area (Å²) in [4.78, 5) is 24.3. The number of methoxy groups -OCH3 is 1. The number of carbonyl (C=O) groups excluding carboxylic acids is 1. The molecule has 2 N–H and O–H groups in total. The van der Waals surface area contributed by atoms with Gasteiger partial charge in [-0.1, -0.05) is 5.92 Å². The van der Waals surface area contributed by atoms with Crippen LogP contribution in [0.5, 0.6) is 5.75 Å². The second-order valence-corrected chi connectivity index (χ2v) is 8.94. The van der Waals surface area contributed by atoms with Gasteiger partial charge >= 0.3 is 6.16 Å². The molecule has 0 unspecified atom stereocenters. The van der Waals surface area contributed by atoms with Crippen molar-refractivity contribution in [2.24, 2.45) is 0 Å². The van der Waals surface area contributed by atoms with Crippen LogP contribution in [0.2, 0.25) is 0 Å². The summed E-state index contributed by atoms with van der Waals surface area (Å²) in [5.74, 6) is 5.92. The monoisotopic (exact) mass is 541 g/mol. The molecule has 1 aliphatic carbocycles. The molecule has 3 rings (SSSR count). The highest BCUT2D eigenvalue weighted by molar-refractivity contribution is 9.10. The van der Waals surface area contributed by atoms with E-state index in [-0.39, 0.29) is 25.0 Å². The molecule has 1 amide bonds. The maximum atomic E-state index is 13.3. The van der Waals surface area contributed by atoms with Gasteiger partial charge in [-0.25, -0.2) is 13.6 Å². The minimum atomic E-state index is -2.54. The zero-order valence-corrected chi connectivity index (χ0v) is 20.5. The number of hydrogen-bond donors (Lipinski definition) is 2. The summed E-state index contributed by atoms with van der Waals surface area (Å²) in [5, 5.41) is 12.0. The van der Waals surface area contributed by atoms with Crippen molar-refractivity contribution in [3.63, 3.8) is 0 Å². The minimum absolute atomic E-state index is 0.129. The van der Waals surface area contributed by atoms with Crippen molar-refractivity contribution in [1.29, 1.82) is 0 Å². The Morgan fingerprint density at radius 1 is 1.35 bits per heavy atom. The summed E-state index contributed by atoms with van der Waals surface area (Å²) in [6.07, 6.45) is -2.18. The summed E-state index contributed by atoms with van der Waals surface area (Å²) < 4.78 is 41.4. The lowest BCUT2D eigenvalue weighted by Crippen LogP contribution is -2.48. The SMILES string of the molecule is CC#Cc1cc(Br)c(C2=C(CCOC(=O)O)C3(CCC(OCC(F)F)CC3)NC2=O)c(OC)c1. The molecule has 2 aliphatic rings. The largest absolute Gasteiger partial charge is 0.505 e. The highest BCUT2D eigenvalue weighted by Crippen LogP contribution is 2.48. The van der Waals surface area contributed by atoms with Gasteiger partial charge in [-0.05, 0) is 66.2 Å². The van der Waals surface area contributed by atoms with Crippen LogP contribution in [0, 0.1) is 11.8 Å². The third-order valence-corrected chi connectivity index (χ3v) is 6.70. The first-order valence-corrected chi connectivity index (χ1v) is 11.6. The number of ether oxygens (including phenoxy) is 3. The molecule has 7 nitrogen and oxygen atoms in total. The number of carboxylic acid groups (broad SMARTS) is 1. The molecule has 0 bridgehead atoms. The van der Waals surface area contributed by atoms with Crippen LogP contribution in [-0.2, 0) is 14.3 Å². The fourth-order valence-corrected chi connectivity index (χ4v) is 5.33. The standard InChI is InChI=1S/C24H26BrF2NO6/c1-3-4-14-11-17(25)21(18(12-14)32-2)20-16(7-10-33-23(30)31)24(28-22(20)29)8-5-15(6-9-24)34-13-19(26)27/h11-12,15,19H,5-10,13H2,1-2H3,(H,28,29)(H,30,31). The Morgan fingerprint density at radius 3 is 2.65 bits per heavy atom.